The van der Waals surface area contributed by atoms with E-state index in [1.54, 1.807) is 0 Å². The number of carboxylic acids is 8. The summed E-state index contributed by atoms with van der Waals surface area (Å²) in [6, 6.07) is 59.6. The van der Waals surface area contributed by atoms with E-state index in [9.17, 15) is 58.8 Å². The van der Waals surface area contributed by atoms with Crippen LogP contribution in [-0.2, 0) is 60.1 Å². The van der Waals surface area contributed by atoms with Crippen molar-refractivity contribution in [2.24, 2.45) is 71.0 Å². The fourth-order valence-electron chi connectivity index (χ4n) is 16.4. The monoisotopic (exact) mass is 1580 g/mol. The van der Waals surface area contributed by atoms with Gasteiger partial charge in [0.1, 0.15) is 0 Å². The first kappa shape index (κ1) is 86.2. The number of fused-ring (bicyclic) bond motifs is 12. The smallest absolute Gasteiger partial charge is 0.550 e. The molecule has 8 bridgehead atoms. The largest absolute Gasteiger partial charge is 4.00 e. The topological polar surface area (TPSA) is 310 Å². The van der Waals surface area contributed by atoms with Crippen LogP contribution in [-0.4, -0.2) is 89.2 Å². The number of carboxylic acid groups (broad SMARTS) is 8. The van der Waals surface area contributed by atoms with Gasteiger partial charge in [0, 0.05) is 110 Å². The summed E-state index contributed by atoms with van der Waals surface area (Å²) in [5.41, 5.74) is 0.704. The van der Waals surface area contributed by atoms with Crippen molar-refractivity contribution in [3.05, 3.63) is 218 Å². The second kappa shape index (κ2) is 40.0. The van der Waals surface area contributed by atoms with Crippen LogP contribution in [0.4, 0.5) is 0 Å². The van der Waals surface area contributed by atoms with Crippen molar-refractivity contribution in [3.8, 4) is 0 Å². The van der Waals surface area contributed by atoms with E-state index in [1.807, 2.05) is 47.0 Å². The molecule has 8 fully saturated rings. The van der Waals surface area contributed by atoms with Gasteiger partial charge in [-0.3, -0.25) is 0 Å². The molecule has 109 heavy (non-hydrogen) atoms. The summed E-state index contributed by atoms with van der Waals surface area (Å²) in [5, 5.41) is 88.3. The van der Waals surface area contributed by atoms with Crippen LogP contribution in [0.5, 0.6) is 0 Å². The third-order valence-electron chi connectivity index (χ3n) is 21.7. The average molecular weight is 1580 g/mol. The van der Waals surface area contributed by atoms with Gasteiger partial charge in [0.15, 0.2) is 0 Å². The number of carbonyl (C=O) groups is 8. The Morgan fingerprint density at radius 1 is 0.284 bits per heavy atom. The van der Waals surface area contributed by atoms with E-state index in [0.29, 0.717) is 68.3 Å². The molecule has 0 heterocycles. The van der Waals surface area contributed by atoms with Gasteiger partial charge in [-0.25, -0.2) is 19.2 Å². The van der Waals surface area contributed by atoms with Crippen LogP contribution in [0, 0.1) is 71.0 Å². The zero-order chi connectivity index (χ0) is 78.2. The van der Waals surface area contributed by atoms with Crippen molar-refractivity contribution >= 4 is 138 Å². The summed E-state index contributed by atoms with van der Waals surface area (Å²) in [6.07, 6.45) is 12.3. The molecule has 8 aliphatic carbocycles. The minimum absolute atomic E-state index is 0. The molecule has 0 aromatic heterocycles. The first-order chi connectivity index (χ1) is 51.4. The minimum atomic E-state index is -0.935. The molecule has 0 spiro atoms. The van der Waals surface area contributed by atoms with E-state index < -0.39 is 47.8 Å². The molecule has 0 saturated heterocycles. The molecule has 8 aromatic rings. The number of rotatable bonds is 16. The first-order valence-electron chi connectivity index (χ1n) is 36.4. The molecule has 16 rings (SSSR count). The standard InChI is InChI=1S/4C18H18O2S.4C4H6O2.Ti/c4*19-18(20)16-8-11-7-15(16)17(9-11)21-14-6-5-12-3-1-2-4-13(12)10-14;4*1-3(2)4(5)6;/h4*1-6,10-11,15-17H,7-9H2,(H,19,20);4*1H2,2H3,(H,5,6);/q;;;;;;;;+4/p-4. The van der Waals surface area contributed by atoms with Gasteiger partial charge in [-0.2, -0.15) is 0 Å². The Bertz CT molecular complexity index is 4040. The third kappa shape index (κ3) is 23.8. The number of benzene rings is 8. The van der Waals surface area contributed by atoms with Crippen LogP contribution in [0.25, 0.3) is 43.1 Å². The van der Waals surface area contributed by atoms with Gasteiger partial charge >= 0.3 is 45.6 Å². The summed E-state index contributed by atoms with van der Waals surface area (Å²) in [5.74, 6) is -4.41. The van der Waals surface area contributed by atoms with Gasteiger partial charge in [0.05, 0.1) is 0 Å². The Morgan fingerprint density at radius 3 is 0.596 bits per heavy atom. The van der Waals surface area contributed by atoms with Crippen molar-refractivity contribution < 1.29 is 101 Å². The molecular weight excluding hydrogens is 1490 g/mol. The summed E-state index contributed by atoms with van der Waals surface area (Å²) in [7, 11) is 0. The molecule has 8 aliphatic rings. The second-order valence-corrected chi connectivity index (χ2v) is 34.9. The molecule has 568 valence electrons. The number of thioether (sulfide) groups is 4. The Kier molecular flexibility index (Phi) is 31.7. The van der Waals surface area contributed by atoms with Crippen molar-refractivity contribution in [1.29, 1.82) is 0 Å². The number of hydrogen-bond acceptors (Lipinski definition) is 16. The Morgan fingerprint density at radius 2 is 0.450 bits per heavy atom. The predicted octanol–water partition coefficient (Wildman–Crippen LogP) is 15.0. The van der Waals surface area contributed by atoms with Crippen LogP contribution in [0.2, 0.25) is 0 Å². The van der Waals surface area contributed by atoms with E-state index in [4.69, 9.17) is 20.4 Å². The molecule has 8 aromatic carbocycles. The van der Waals surface area contributed by atoms with E-state index in [2.05, 4.69) is 196 Å². The van der Waals surface area contributed by atoms with E-state index in [0.717, 1.165) is 77.0 Å². The molecule has 16 nitrogen and oxygen atoms in total. The molecule has 0 aliphatic heterocycles. The maximum Gasteiger partial charge on any atom is 4.00 e. The Hall–Kier alpha value is -8.37. The van der Waals surface area contributed by atoms with Crippen molar-refractivity contribution in [2.75, 3.05) is 0 Å². The molecule has 16 unspecified atom stereocenters. The van der Waals surface area contributed by atoms with Crippen LogP contribution in [0.1, 0.15) is 105 Å². The first-order valence-corrected chi connectivity index (χ1v) is 39.9. The third-order valence-corrected chi connectivity index (χ3v) is 27.2. The maximum atomic E-state index is 11.2. The quantitative estimate of drug-likeness (QED) is 0.0516. The van der Waals surface area contributed by atoms with Crippen LogP contribution < -0.4 is 20.4 Å². The minimum Gasteiger partial charge on any atom is -0.550 e. The Balaban J connectivity index is 0.000000166. The van der Waals surface area contributed by atoms with Gasteiger partial charge in [0.2, 0.25) is 0 Å². The molecule has 0 amide bonds. The number of hydrogen-bond donors (Lipinski definition) is 4. The molecule has 16 atom stereocenters. The van der Waals surface area contributed by atoms with Gasteiger partial charge in [-0.15, -0.1) is 47.0 Å². The van der Waals surface area contributed by atoms with E-state index in [1.165, 1.54) is 90.4 Å². The van der Waals surface area contributed by atoms with Gasteiger partial charge in [-0.05, 0) is 244 Å². The Labute approximate surface area is 668 Å². The van der Waals surface area contributed by atoms with Crippen molar-refractivity contribution in [1.82, 2.24) is 0 Å². The normalized spacial score (nSPS) is 25.4. The number of carbonyl (C=O) groups excluding carboxylic acids is 4. The molecule has 4 N–H and O–H groups in total. The maximum absolute atomic E-state index is 11.2. The van der Waals surface area contributed by atoms with Gasteiger partial charge in [-0.1, -0.05) is 148 Å². The molecule has 8 saturated carbocycles. The van der Waals surface area contributed by atoms with E-state index in [-0.39, 0.29) is 67.7 Å². The van der Waals surface area contributed by atoms with Gasteiger partial charge in [0.25, 0.3) is 0 Å². The van der Waals surface area contributed by atoms with Crippen LogP contribution >= 0.6 is 47.0 Å². The average Bonchev–Trinajstić information content (AvgIpc) is 1.66. The zero-order valence-electron chi connectivity index (χ0n) is 61.5. The fourth-order valence-corrected chi connectivity index (χ4v) is 22.6. The van der Waals surface area contributed by atoms with Gasteiger partial charge < -0.3 is 60.0 Å². The van der Waals surface area contributed by atoms with Crippen LogP contribution in [0.3, 0.4) is 0 Å². The predicted molar refractivity (Wildman–Crippen MR) is 421 cm³/mol. The zero-order valence-corrected chi connectivity index (χ0v) is 66.4. The summed E-state index contributed by atoms with van der Waals surface area (Å²) in [6.45, 7) is 18.4. The molecule has 21 heteroatoms. The molecular formula is C88H92O16S4Ti. The summed E-state index contributed by atoms with van der Waals surface area (Å²) >= 11 is 7.44. The SMILES string of the molecule is C=C(C)C(=O)O.C=C(C)C(=O)O.C=C(C)C(=O)O.C=C(C)C(=O)O.O=C([O-])C1CC2CC(Sc3ccc4ccccc4c3)C1C2.O=C([O-])C1CC2CC(Sc3ccc4ccccc4c3)C1C2.O=C([O-])C1CC2CC(Sc3ccc4ccccc4c3)C1C2.O=C([O-])C1CC2CC(Sc3ccc4ccccc4c3)C1C2.[Ti+4]. The summed E-state index contributed by atoms with van der Waals surface area (Å²) in [4.78, 5) is 88.4. The fraction of sp³-hybridized carbons (Fsp3) is 0.364. The number of aliphatic carboxylic acids is 8. The second-order valence-electron chi connectivity index (χ2n) is 29.7. The van der Waals surface area contributed by atoms with Crippen LogP contribution in [0.15, 0.2) is 238 Å². The molecule has 0 radical (unpaired) electrons. The van der Waals surface area contributed by atoms with Crippen molar-refractivity contribution in [2.45, 2.75) is 145 Å². The van der Waals surface area contributed by atoms with Crippen molar-refractivity contribution in [3.63, 3.8) is 0 Å². The van der Waals surface area contributed by atoms with E-state index >= 15 is 0 Å². The summed E-state index contributed by atoms with van der Waals surface area (Å²) < 4.78 is 0.